The molecule has 0 saturated carbocycles. The molecule has 0 fully saturated rings. The van der Waals surface area contributed by atoms with Crippen LogP contribution in [0.25, 0.3) is 0 Å². The Balaban J connectivity index is 1.98. The third-order valence-electron chi connectivity index (χ3n) is 3.13. The number of phenolic OH excluding ortho intramolecular Hbond substituents is 1. The number of thiazole rings is 1. The van der Waals surface area contributed by atoms with Gasteiger partial charge in [-0.25, -0.2) is 4.98 Å². The van der Waals surface area contributed by atoms with Crippen LogP contribution in [0.2, 0.25) is 0 Å². The number of hydrogen-bond donors (Lipinski definition) is 3. The average Bonchev–Trinajstić information content (AvgIpc) is 2.95. The first-order valence-electron chi connectivity index (χ1n) is 6.64. The number of aromatic nitrogens is 1. The predicted molar refractivity (Wildman–Crippen MR) is 83.1 cm³/mol. The standard InChI is InChI=1S/C15H19N3O2S/c1-15(2,14-17-7-8-21-14)18-13(20)12(16)9-10-3-5-11(19)6-4-10/h3-8,12,19H,9,16H2,1-2H3,(H,18,20)/t12-/m0/s1. The summed E-state index contributed by atoms with van der Waals surface area (Å²) in [6.45, 7) is 3.80. The normalized spacial score (nSPS) is 12.9. The molecule has 5 nitrogen and oxygen atoms in total. The van der Waals surface area contributed by atoms with Gasteiger partial charge in [0.2, 0.25) is 5.91 Å². The SMILES string of the molecule is CC(C)(NC(=O)[C@@H](N)Cc1ccc(O)cc1)c1nccs1. The van der Waals surface area contributed by atoms with Gasteiger partial charge in [-0.2, -0.15) is 0 Å². The molecule has 0 aliphatic heterocycles. The summed E-state index contributed by atoms with van der Waals surface area (Å²) >= 11 is 1.49. The summed E-state index contributed by atoms with van der Waals surface area (Å²) in [4.78, 5) is 16.4. The van der Waals surface area contributed by atoms with Crippen LogP contribution in [0.4, 0.5) is 0 Å². The number of rotatable bonds is 5. The number of nitrogens with two attached hydrogens (primary N) is 1. The van der Waals surface area contributed by atoms with Gasteiger partial charge in [-0.15, -0.1) is 11.3 Å². The number of benzene rings is 1. The number of hydrogen-bond acceptors (Lipinski definition) is 5. The van der Waals surface area contributed by atoms with E-state index in [2.05, 4.69) is 10.3 Å². The molecule has 1 heterocycles. The molecule has 0 unspecified atom stereocenters. The van der Waals surface area contributed by atoms with E-state index in [0.29, 0.717) is 6.42 Å². The molecule has 2 aromatic rings. The monoisotopic (exact) mass is 305 g/mol. The maximum absolute atomic E-state index is 12.2. The van der Waals surface area contributed by atoms with E-state index in [-0.39, 0.29) is 11.7 Å². The lowest BCUT2D eigenvalue weighted by atomic mass is 10.0. The van der Waals surface area contributed by atoms with Crippen LogP contribution in [-0.4, -0.2) is 22.0 Å². The van der Waals surface area contributed by atoms with Crippen molar-refractivity contribution in [1.82, 2.24) is 10.3 Å². The van der Waals surface area contributed by atoms with Crippen LogP contribution >= 0.6 is 11.3 Å². The Hall–Kier alpha value is -1.92. The predicted octanol–water partition coefficient (Wildman–Crippen LogP) is 1.77. The van der Waals surface area contributed by atoms with E-state index in [1.54, 1.807) is 30.5 Å². The summed E-state index contributed by atoms with van der Waals surface area (Å²) in [6.07, 6.45) is 2.13. The molecule has 1 amide bonds. The summed E-state index contributed by atoms with van der Waals surface area (Å²) in [5.74, 6) is -0.0232. The first-order valence-corrected chi connectivity index (χ1v) is 7.52. The zero-order valence-corrected chi connectivity index (χ0v) is 12.9. The minimum absolute atomic E-state index is 0.196. The molecule has 0 radical (unpaired) electrons. The average molecular weight is 305 g/mol. The van der Waals surface area contributed by atoms with Gasteiger partial charge in [0, 0.05) is 11.6 Å². The number of amides is 1. The summed E-state index contributed by atoms with van der Waals surface area (Å²) in [6, 6.07) is 6.04. The Morgan fingerprint density at radius 2 is 2.10 bits per heavy atom. The number of carbonyl (C=O) groups excluding carboxylic acids is 1. The van der Waals surface area contributed by atoms with Crippen LogP contribution < -0.4 is 11.1 Å². The van der Waals surface area contributed by atoms with Crippen LogP contribution in [-0.2, 0) is 16.8 Å². The highest BCUT2D eigenvalue weighted by molar-refractivity contribution is 7.09. The van der Waals surface area contributed by atoms with Crippen LogP contribution in [0.15, 0.2) is 35.8 Å². The van der Waals surface area contributed by atoms with Gasteiger partial charge in [0.05, 0.1) is 11.6 Å². The molecule has 1 aromatic heterocycles. The van der Waals surface area contributed by atoms with Crippen molar-refractivity contribution in [3.05, 3.63) is 46.4 Å². The van der Waals surface area contributed by atoms with Crippen molar-refractivity contribution in [3.63, 3.8) is 0 Å². The van der Waals surface area contributed by atoms with Gasteiger partial charge in [0.15, 0.2) is 0 Å². The van der Waals surface area contributed by atoms with Gasteiger partial charge in [-0.05, 0) is 38.0 Å². The third kappa shape index (κ3) is 4.03. The van der Waals surface area contributed by atoms with Crippen molar-refractivity contribution in [2.45, 2.75) is 31.8 Å². The largest absolute Gasteiger partial charge is 0.508 e. The van der Waals surface area contributed by atoms with Crippen molar-refractivity contribution < 1.29 is 9.90 Å². The number of nitrogens with zero attached hydrogens (tertiary/aromatic N) is 1. The Kier molecular flexibility index (Phi) is 4.59. The highest BCUT2D eigenvalue weighted by Crippen LogP contribution is 2.22. The summed E-state index contributed by atoms with van der Waals surface area (Å²) < 4.78 is 0. The number of nitrogens with one attached hydrogen (secondary N) is 1. The Labute approximate surface area is 127 Å². The van der Waals surface area contributed by atoms with Crippen LogP contribution in [0.1, 0.15) is 24.4 Å². The smallest absolute Gasteiger partial charge is 0.238 e. The number of carbonyl (C=O) groups is 1. The van der Waals surface area contributed by atoms with Crippen molar-refractivity contribution >= 4 is 17.2 Å². The zero-order valence-electron chi connectivity index (χ0n) is 12.0. The Bertz CT molecular complexity index is 594. The number of phenols is 1. The topological polar surface area (TPSA) is 88.2 Å². The molecular weight excluding hydrogens is 286 g/mol. The van der Waals surface area contributed by atoms with Crippen molar-refractivity contribution in [2.24, 2.45) is 5.73 Å². The second-order valence-corrected chi connectivity index (χ2v) is 6.32. The fraction of sp³-hybridized carbons (Fsp3) is 0.333. The van der Waals surface area contributed by atoms with Crippen LogP contribution in [0.3, 0.4) is 0 Å². The highest BCUT2D eigenvalue weighted by Gasteiger charge is 2.27. The fourth-order valence-electron chi connectivity index (χ4n) is 1.96. The van der Waals surface area contributed by atoms with E-state index in [4.69, 9.17) is 5.73 Å². The quantitative estimate of drug-likeness (QED) is 0.785. The molecule has 2 rings (SSSR count). The molecule has 1 aromatic carbocycles. The molecule has 0 spiro atoms. The second kappa shape index (κ2) is 6.24. The van der Waals surface area contributed by atoms with Gasteiger partial charge >= 0.3 is 0 Å². The Morgan fingerprint density at radius 1 is 1.43 bits per heavy atom. The molecule has 0 aliphatic carbocycles. The van der Waals surface area contributed by atoms with E-state index < -0.39 is 11.6 Å². The van der Waals surface area contributed by atoms with Gasteiger partial charge in [-0.1, -0.05) is 12.1 Å². The van der Waals surface area contributed by atoms with Crippen LogP contribution in [0.5, 0.6) is 5.75 Å². The molecule has 4 N–H and O–H groups in total. The van der Waals surface area contributed by atoms with Crippen molar-refractivity contribution in [1.29, 1.82) is 0 Å². The van der Waals surface area contributed by atoms with E-state index in [1.807, 2.05) is 19.2 Å². The van der Waals surface area contributed by atoms with E-state index in [0.717, 1.165) is 10.6 Å². The van der Waals surface area contributed by atoms with Gasteiger partial charge < -0.3 is 16.2 Å². The van der Waals surface area contributed by atoms with Gasteiger partial charge in [0.25, 0.3) is 0 Å². The first-order chi connectivity index (χ1) is 9.88. The van der Waals surface area contributed by atoms with Gasteiger partial charge in [0.1, 0.15) is 10.8 Å². The summed E-state index contributed by atoms with van der Waals surface area (Å²) in [5.41, 5.74) is 6.32. The van der Waals surface area contributed by atoms with Crippen molar-refractivity contribution in [2.75, 3.05) is 0 Å². The maximum atomic E-state index is 12.2. The molecule has 6 heteroatoms. The maximum Gasteiger partial charge on any atom is 0.238 e. The molecule has 0 bridgehead atoms. The lowest BCUT2D eigenvalue weighted by Gasteiger charge is -2.25. The minimum atomic E-state index is -0.645. The molecule has 0 saturated heterocycles. The molecule has 112 valence electrons. The zero-order chi connectivity index (χ0) is 15.5. The van der Waals surface area contributed by atoms with Crippen LogP contribution in [0, 0.1) is 0 Å². The molecule has 0 aliphatic rings. The van der Waals surface area contributed by atoms with Crippen molar-refractivity contribution in [3.8, 4) is 5.75 Å². The van der Waals surface area contributed by atoms with Gasteiger partial charge in [-0.3, -0.25) is 4.79 Å². The second-order valence-electron chi connectivity index (χ2n) is 5.43. The summed E-state index contributed by atoms with van der Waals surface area (Å²) in [7, 11) is 0. The first kappa shape index (κ1) is 15.5. The molecule has 1 atom stereocenters. The molecular formula is C15H19N3O2S. The van der Waals surface area contributed by atoms with E-state index >= 15 is 0 Å². The fourth-order valence-corrected chi connectivity index (χ4v) is 2.68. The summed E-state index contributed by atoms with van der Waals surface area (Å²) in [5, 5.41) is 14.9. The lowest BCUT2D eigenvalue weighted by molar-refractivity contribution is -0.124. The van der Waals surface area contributed by atoms with E-state index in [1.165, 1.54) is 11.3 Å². The lowest BCUT2D eigenvalue weighted by Crippen LogP contribution is -2.49. The third-order valence-corrected chi connectivity index (χ3v) is 4.23. The highest BCUT2D eigenvalue weighted by atomic mass is 32.1. The van der Waals surface area contributed by atoms with E-state index in [9.17, 15) is 9.90 Å². The molecule has 21 heavy (non-hydrogen) atoms. The minimum Gasteiger partial charge on any atom is -0.508 e. The Morgan fingerprint density at radius 3 is 2.67 bits per heavy atom. The number of aromatic hydroxyl groups is 1.